The van der Waals surface area contributed by atoms with Crippen molar-refractivity contribution in [1.82, 2.24) is 0 Å². The predicted molar refractivity (Wildman–Crippen MR) is 527 cm³/mol. The molecule has 122 heavy (non-hydrogen) atoms. The Morgan fingerprint density at radius 2 is 0.205 bits per heavy atom. The minimum Gasteiger partial charge on any atom is -0.0606 e. The van der Waals surface area contributed by atoms with Gasteiger partial charge < -0.3 is 0 Å². The molecule has 0 fully saturated rings. The van der Waals surface area contributed by atoms with E-state index in [0.717, 1.165) is 0 Å². The van der Waals surface area contributed by atoms with Crippen molar-refractivity contribution in [3.8, 4) is 55.6 Å². The smallest absolute Gasteiger partial charge is 0.0606 e. The summed E-state index contributed by atoms with van der Waals surface area (Å²) in [6.07, 6.45) is 0. The Balaban J connectivity index is 0.904. The Bertz CT molecular complexity index is 7000. The SMILES string of the molecule is Cc1cc(C)c(-c2c3ccccc3c([C+](c3c4ccccc4c(-c4c(C)cc(C)cc4C)c4ccccc34)c3c4ccccc4c(-c4c5ccccc5c([C+](c5c6ccccc6c(-c6c(C)cc(C)cc6C)c6ccccc56)c5c6ccccc6c(-c6c(C)cc(C)cc6C)c6ccccc56)c5ccccc45)c4ccccc34)c3ccccc23)c(C)c1. The molecule has 0 bridgehead atoms. The second-order valence-electron chi connectivity index (χ2n) is 34.9. The Morgan fingerprint density at radius 3 is 0.311 bits per heavy atom. The van der Waals surface area contributed by atoms with Gasteiger partial charge in [0.2, 0.25) is 0 Å². The van der Waals surface area contributed by atoms with Gasteiger partial charge in [-0.2, -0.15) is 0 Å². The number of rotatable bonds is 11. The number of benzene rings is 22. The maximum Gasteiger partial charge on any atom is 0.0698 e. The highest BCUT2D eigenvalue weighted by molar-refractivity contribution is 6.31. The normalized spacial score (nSPS) is 11.9. The first-order valence-corrected chi connectivity index (χ1v) is 43.3. The van der Waals surface area contributed by atoms with E-state index in [1.54, 1.807) is 0 Å². The fourth-order valence-corrected chi connectivity index (χ4v) is 23.0. The molecule has 22 rings (SSSR count). The van der Waals surface area contributed by atoms with Crippen LogP contribution in [-0.2, 0) is 0 Å². The van der Waals surface area contributed by atoms with Gasteiger partial charge in [0.1, 0.15) is 0 Å². The molecular formula is C122H92+2. The highest BCUT2D eigenvalue weighted by Crippen LogP contribution is 2.59. The van der Waals surface area contributed by atoms with E-state index >= 15 is 0 Å². The molecule has 0 aliphatic rings. The van der Waals surface area contributed by atoms with E-state index in [1.165, 1.54) is 297 Å². The molecule has 0 saturated carbocycles. The summed E-state index contributed by atoms with van der Waals surface area (Å²) in [5.74, 6) is 2.41. The third-order valence-electron chi connectivity index (χ3n) is 27.0. The fraction of sp³-hybridized carbons (Fsp3) is 0.0984. The Hall–Kier alpha value is -14.3. The molecule has 0 amide bonds. The van der Waals surface area contributed by atoms with Gasteiger partial charge in [0.05, 0.1) is 45.2 Å². The van der Waals surface area contributed by atoms with Crippen LogP contribution in [0.4, 0.5) is 0 Å². The lowest BCUT2D eigenvalue weighted by molar-refractivity contribution is 1.32. The van der Waals surface area contributed by atoms with Gasteiger partial charge in [-0.25, -0.2) is 0 Å². The molecule has 0 aliphatic carbocycles. The lowest BCUT2D eigenvalue weighted by Crippen LogP contribution is -2.12. The maximum absolute atomic E-state index is 2.46. The van der Waals surface area contributed by atoms with Gasteiger partial charge in [-0.15, -0.1) is 0 Å². The number of hydrogen-bond acceptors (Lipinski definition) is 0. The van der Waals surface area contributed by atoms with E-state index in [1.807, 2.05) is 0 Å². The van der Waals surface area contributed by atoms with Crippen molar-refractivity contribution in [3.63, 3.8) is 0 Å². The number of aryl methyl sites for hydroxylation is 12. The molecule has 0 heteroatoms. The van der Waals surface area contributed by atoms with E-state index in [4.69, 9.17) is 0 Å². The van der Waals surface area contributed by atoms with Crippen LogP contribution in [0.1, 0.15) is 100 Å². The zero-order valence-corrected chi connectivity index (χ0v) is 71.3. The second kappa shape index (κ2) is 28.7. The highest BCUT2D eigenvalue weighted by atomic mass is 14.4. The topological polar surface area (TPSA) is 0 Å². The average molecular weight is 1560 g/mol. The molecule has 0 saturated heterocycles. The van der Waals surface area contributed by atoms with Gasteiger partial charge in [0.15, 0.2) is 0 Å². The zero-order chi connectivity index (χ0) is 82.8. The maximum atomic E-state index is 2.46. The summed E-state index contributed by atoms with van der Waals surface area (Å²) >= 11 is 0. The van der Waals surface area contributed by atoms with E-state index in [-0.39, 0.29) is 0 Å². The van der Waals surface area contributed by atoms with Crippen LogP contribution in [0.3, 0.4) is 0 Å². The first-order chi connectivity index (χ1) is 59.6. The Morgan fingerprint density at radius 1 is 0.115 bits per heavy atom. The summed E-state index contributed by atoms with van der Waals surface area (Å²) in [5, 5.41) is 28.9. The van der Waals surface area contributed by atoms with Crippen molar-refractivity contribution < 1.29 is 0 Å². The quantitative estimate of drug-likeness (QED) is 0.0688. The van der Waals surface area contributed by atoms with Crippen molar-refractivity contribution in [2.75, 3.05) is 0 Å². The van der Waals surface area contributed by atoms with Crippen LogP contribution in [-0.4, -0.2) is 0 Å². The van der Waals surface area contributed by atoms with E-state index < -0.39 is 0 Å². The predicted octanol–water partition coefficient (Wildman–Crippen LogP) is 33.6. The molecule has 0 aliphatic heterocycles. The molecular weight excluding hydrogens is 1470 g/mol. The molecule has 0 spiro atoms. The second-order valence-corrected chi connectivity index (χ2v) is 34.9. The zero-order valence-electron chi connectivity index (χ0n) is 71.3. The molecule has 22 aromatic rings. The summed E-state index contributed by atoms with van der Waals surface area (Å²) in [7, 11) is 0. The molecule has 0 nitrogen and oxygen atoms in total. The molecule has 0 atom stereocenters. The Labute approximate surface area is 714 Å². The molecule has 0 radical (unpaired) electrons. The summed E-state index contributed by atoms with van der Waals surface area (Å²) in [4.78, 5) is 0. The molecule has 578 valence electrons. The van der Waals surface area contributed by atoms with Gasteiger partial charge in [-0.3, -0.25) is 0 Å². The fourth-order valence-electron chi connectivity index (χ4n) is 23.0. The third-order valence-corrected chi connectivity index (χ3v) is 27.0. The summed E-state index contributed by atoms with van der Waals surface area (Å²) in [5.41, 5.74) is 35.2. The first-order valence-electron chi connectivity index (χ1n) is 43.3. The molecule has 0 heterocycles. The van der Waals surface area contributed by atoms with Crippen LogP contribution in [0.2, 0.25) is 0 Å². The van der Waals surface area contributed by atoms with Crippen molar-refractivity contribution in [1.29, 1.82) is 0 Å². The summed E-state index contributed by atoms with van der Waals surface area (Å²) in [6.45, 7) is 27.4. The number of hydrogen-bond donors (Lipinski definition) is 0. The van der Waals surface area contributed by atoms with Gasteiger partial charge in [-0.1, -0.05) is 216 Å². The monoisotopic (exact) mass is 1560 g/mol. The van der Waals surface area contributed by atoms with Gasteiger partial charge in [-0.05, 0) is 295 Å². The van der Waals surface area contributed by atoms with E-state index in [0.29, 0.717) is 0 Å². The van der Waals surface area contributed by atoms with Crippen LogP contribution in [0, 0.1) is 94.9 Å². The standard InChI is InChI=1S/C122H92/c1-69-61-73(5)105(74(6)62-69)109-81-37-13-25-49-93(81)115(94-50-26-14-38-82(94)109)121(116-95-51-27-15-39-83(95)110(84-40-16-28-52-96(84)116)106-75(7)63-70(2)64-76(106)8)119-101-57-33-21-45-89(101)113(90-46-22-34-58-102(90)119)114-91-47-23-35-59-103(91)120(104-60-36-24-48-92(104)114)122(117-97-53-29-17-41-85(97)111(86-42-18-30-54-98(86)117)107-77(9)65-71(3)66-78(107)10)118-99-55-31-19-43-87(99)112(88-44-20-32-56-100(88)118)108-79(11)67-72(4)68-80(108)12/h13-68H,1-12H3/q+2. The highest BCUT2D eigenvalue weighted by Gasteiger charge is 2.42. The van der Waals surface area contributed by atoms with Gasteiger partial charge >= 0.3 is 0 Å². The summed E-state index contributed by atoms with van der Waals surface area (Å²) < 4.78 is 0. The van der Waals surface area contributed by atoms with Crippen LogP contribution in [0.5, 0.6) is 0 Å². The lowest BCUT2D eigenvalue weighted by Gasteiger charge is -2.28. The Kier molecular flexibility index (Phi) is 17.4. The van der Waals surface area contributed by atoms with Crippen molar-refractivity contribution in [2.24, 2.45) is 0 Å². The van der Waals surface area contributed by atoms with Crippen molar-refractivity contribution >= 4 is 129 Å². The van der Waals surface area contributed by atoms with E-state index in [2.05, 4.69) is 423 Å². The minimum absolute atomic E-state index is 1.18. The van der Waals surface area contributed by atoms with Crippen LogP contribution >= 0.6 is 0 Å². The van der Waals surface area contributed by atoms with Gasteiger partial charge in [0, 0.05) is 163 Å². The van der Waals surface area contributed by atoms with E-state index in [9.17, 15) is 0 Å². The molecule has 0 N–H and O–H groups in total. The lowest BCUT2D eigenvalue weighted by atomic mass is 9.70. The van der Waals surface area contributed by atoms with Gasteiger partial charge in [0.25, 0.3) is 0 Å². The minimum atomic E-state index is 1.18. The third kappa shape index (κ3) is 11.2. The molecule has 0 unspecified atom stereocenters. The molecule has 22 aromatic carbocycles. The molecule has 0 aromatic heterocycles. The summed E-state index contributed by atoms with van der Waals surface area (Å²) in [6, 6.07) is 132. The first kappa shape index (κ1) is 74.0. The van der Waals surface area contributed by atoms with Crippen LogP contribution in [0.15, 0.2) is 340 Å². The average Bonchev–Trinajstić information content (AvgIpc) is 0.692. The number of fused-ring (bicyclic) bond motifs is 12. The van der Waals surface area contributed by atoms with Crippen molar-refractivity contribution in [2.45, 2.75) is 83.1 Å². The van der Waals surface area contributed by atoms with Crippen molar-refractivity contribution in [3.05, 3.63) is 452 Å². The largest absolute Gasteiger partial charge is 0.0698 e. The van der Waals surface area contributed by atoms with Crippen LogP contribution in [0.25, 0.3) is 185 Å². The van der Waals surface area contributed by atoms with Crippen LogP contribution < -0.4 is 0 Å².